The van der Waals surface area contributed by atoms with Gasteiger partial charge in [0.25, 0.3) is 0 Å². The van der Waals surface area contributed by atoms with Gasteiger partial charge in [0.2, 0.25) is 0 Å². The van der Waals surface area contributed by atoms with E-state index in [2.05, 4.69) is 11.8 Å². The largest absolute Gasteiger partial charge is 0.444 e. The number of nitrogens with zero attached hydrogens (tertiary/aromatic N) is 2. The van der Waals surface area contributed by atoms with E-state index in [9.17, 15) is 4.79 Å². The lowest BCUT2D eigenvalue weighted by Crippen LogP contribution is -2.46. The van der Waals surface area contributed by atoms with E-state index in [0.29, 0.717) is 12.5 Å². The van der Waals surface area contributed by atoms with Crippen LogP contribution in [0, 0.1) is 5.92 Å². The number of amides is 1. The van der Waals surface area contributed by atoms with Crippen molar-refractivity contribution in [3.05, 3.63) is 0 Å². The number of carbonyl (C=O) groups is 1. The number of likely N-dealkylation sites (tertiary alicyclic amines) is 1. The van der Waals surface area contributed by atoms with Gasteiger partial charge in [-0.05, 0) is 46.1 Å². The smallest absolute Gasteiger partial charge is 0.410 e. The van der Waals surface area contributed by atoms with E-state index < -0.39 is 5.60 Å². The van der Waals surface area contributed by atoms with E-state index in [0.717, 1.165) is 39.0 Å². The van der Waals surface area contributed by atoms with Crippen molar-refractivity contribution < 1.29 is 14.6 Å². The molecule has 1 amide bonds. The van der Waals surface area contributed by atoms with Gasteiger partial charge in [-0.3, -0.25) is 0 Å². The average Bonchev–Trinajstić information content (AvgIpc) is 2.36. The SMILES string of the molecule is CCN(CCO)CC1CCCN(C(=O)OC(C)(C)C)C1. The molecule has 1 aliphatic heterocycles. The lowest BCUT2D eigenvalue weighted by molar-refractivity contribution is 0.0142. The maximum Gasteiger partial charge on any atom is 0.410 e. The Morgan fingerprint density at radius 1 is 1.45 bits per heavy atom. The fourth-order valence-electron chi connectivity index (χ4n) is 2.59. The average molecular weight is 286 g/mol. The predicted molar refractivity (Wildman–Crippen MR) is 79.7 cm³/mol. The predicted octanol–water partition coefficient (Wildman–Crippen LogP) is 1.95. The standard InChI is InChI=1S/C15H30N2O3/c1-5-16(9-10-18)11-13-7-6-8-17(12-13)14(19)20-15(2,3)4/h13,18H,5-12H2,1-4H3. The second kappa shape index (κ2) is 7.84. The molecule has 0 aromatic heterocycles. The molecule has 0 aliphatic carbocycles. The topological polar surface area (TPSA) is 53.0 Å². The summed E-state index contributed by atoms with van der Waals surface area (Å²) in [5.41, 5.74) is -0.434. The molecule has 0 spiro atoms. The number of aliphatic hydroxyl groups is 1. The fourth-order valence-corrected chi connectivity index (χ4v) is 2.59. The van der Waals surface area contributed by atoms with Gasteiger partial charge in [0.15, 0.2) is 0 Å². The van der Waals surface area contributed by atoms with E-state index in [1.165, 1.54) is 0 Å². The molecule has 0 aromatic rings. The van der Waals surface area contributed by atoms with Crippen molar-refractivity contribution in [3.8, 4) is 0 Å². The Bertz CT molecular complexity index is 302. The third kappa shape index (κ3) is 6.09. The lowest BCUT2D eigenvalue weighted by Gasteiger charge is -2.36. The summed E-state index contributed by atoms with van der Waals surface area (Å²) < 4.78 is 5.44. The van der Waals surface area contributed by atoms with Gasteiger partial charge in [-0.15, -0.1) is 0 Å². The van der Waals surface area contributed by atoms with Gasteiger partial charge in [0.1, 0.15) is 5.60 Å². The molecule has 1 fully saturated rings. The Kier molecular flexibility index (Phi) is 6.76. The van der Waals surface area contributed by atoms with Crippen LogP contribution >= 0.6 is 0 Å². The van der Waals surface area contributed by atoms with E-state index >= 15 is 0 Å². The number of piperidine rings is 1. The summed E-state index contributed by atoms with van der Waals surface area (Å²) in [6.07, 6.45) is 1.97. The lowest BCUT2D eigenvalue weighted by atomic mass is 9.97. The van der Waals surface area contributed by atoms with Crippen LogP contribution in [0.15, 0.2) is 0 Å². The number of likely N-dealkylation sites (N-methyl/N-ethyl adjacent to an activating group) is 1. The van der Waals surface area contributed by atoms with E-state index in [1.54, 1.807) is 0 Å². The van der Waals surface area contributed by atoms with Gasteiger partial charge in [0, 0.05) is 26.2 Å². The fraction of sp³-hybridized carbons (Fsp3) is 0.933. The summed E-state index contributed by atoms with van der Waals surface area (Å²) in [6, 6.07) is 0. The minimum Gasteiger partial charge on any atom is -0.444 e. The molecule has 1 N–H and O–H groups in total. The number of ether oxygens (including phenoxy) is 1. The molecular weight excluding hydrogens is 256 g/mol. The molecule has 1 atom stereocenters. The van der Waals surface area contributed by atoms with Gasteiger partial charge < -0.3 is 19.6 Å². The van der Waals surface area contributed by atoms with Crippen LogP contribution in [-0.4, -0.2) is 65.9 Å². The van der Waals surface area contributed by atoms with Crippen LogP contribution in [0.25, 0.3) is 0 Å². The number of carbonyl (C=O) groups excluding carboxylic acids is 1. The second-order valence-corrected chi connectivity index (χ2v) is 6.55. The van der Waals surface area contributed by atoms with Crippen molar-refractivity contribution in [1.29, 1.82) is 0 Å². The molecule has 0 saturated carbocycles. The Balaban J connectivity index is 2.47. The molecule has 1 unspecified atom stereocenters. The molecule has 1 aliphatic rings. The van der Waals surface area contributed by atoms with Crippen molar-refractivity contribution in [3.63, 3.8) is 0 Å². The van der Waals surface area contributed by atoms with Crippen LogP contribution < -0.4 is 0 Å². The summed E-state index contributed by atoms with van der Waals surface area (Å²) in [6.45, 7) is 12.1. The Morgan fingerprint density at radius 3 is 2.70 bits per heavy atom. The van der Waals surface area contributed by atoms with Crippen molar-refractivity contribution >= 4 is 6.09 Å². The summed E-state index contributed by atoms with van der Waals surface area (Å²) in [5.74, 6) is 0.475. The molecule has 1 saturated heterocycles. The van der Waals surface area contributed by atoms with Gasteiger partial charge in [-0.25, -0.2) is 4.79 Å². The number of hydrogen-bond acceptors (Lipinski definition) is 4. The highest BCUT2D eigenvalue weighted by molar-refractivity contribution is 5.68. The summed E-state index contributed by atoms with van der Waals surface area (Å²) in [4.78, 5) is 16.2. The summed E-state index contributed by atoms with van der Waals surface area (Å²) >= 11 is 0. The third-order valence-electron chi connectivity index (χ3n) is 3.55. The van der Waals surface area contributed by atoms with Gasteiger partial charge >= 0.3 is 6.09 Å². The van der Waals surface area contributed by atoms with E-state index in [4.69, 9.17) is 9.84 Å². The molecule has 0 aromatic carbocycles. The van der Waals surface area contributed by atoms with Crippen molar-refractivity contribution in [2.24, 2.45) is 5.92 Å². The van der Waals surface area contributed by atoms with Crippen LogP contribution in [0.4, 0.5) is 4.79 Å². The third-order valence-corrected chi connectivity index (χ3v) is 3.55. The van der Waals surface area contributed by atoms with Gasteiger partial charge in [-0.1, -0.05) is 6.92 Å². The Hall–Kier alpha value is -0.810. The molecule has 118 valence electrons. The Morgan fingerprint density at radius 2 is 2.15 bits per heavy atom. The molecular formula is C15H30N2O3. The van der Waals surface area contributed by atoms with Crippen LogP contribution in [0.5, 0.6) is 0 Å². The van der Waals surface area contributed by atoms with Crippen molar-refractivity contribution in [2.75, 3.05) is 39.3 Å². The maximum atomic E-state index is 12.1. The minimum absolute atomic E-state index is 0.191. The monoisotopic (exact) mass is 286 g/mol. The molecule has 0 bridgehead atoms. The molecule has 1 rings (SSSR count). The first-order chi connectivity index (χ1) is 9.35. The van der Waals surface area contributed by atoms with E-state index in [-0.39, 0.29) is 12.7 Å². The number of hydrogen-bond donors (Lipinski definition) is 1. The molecule has 0 radical (unpaired) electrons. The zero-order valence-electron chi connectivity index (χ0n) is 13.4. The molecule has 5 nitrogen and oxygen atoms in total. The zero-order chi connectivity index (χ0) is 15.2. The highest BCUT2D eigenvalue weighted by atomic mass is 16.6. The van der Waals surface area contributed by atoms with Gasteiger partial charge in [0.05, 0.1) is 6.61 Å². The Labute approximate surface area is 122 Å². The highest BCUT2D eigenvalue weighted by Crippen LogP contribution is 2.20. The van der Waals surface area contributed by atoms with Crippen LogP contribution in [0.2, 0.25) is 0 Å². The molecule has 1 heterocycles. The van der Waals surface area contributed by atoms with E-state index in [1.807, 2.05) is 25.7 Å². The van der Waals surface area contributed by atoms with Gasteiger partial charge in [-0.2, -0.15) is 0 Å². The highest BCUT2D eigenvalue weighted by Gasteiger charge is 2.28. The normalized spacial score (nSPS) is 20.3. The maximum absolute atomic E-state index is 12.1. The van der Waals surface area contributed by atoms with Crippen LogP contribution in [-0.2, 0) is 4.74 Å². The first-order valence-electron chi connectivity index (χ1n) is 7.67. The minimum atomic E-state index is -0.434. The molecule has 20 heavy (non-hydrogen) atoms. The van der Waals surface area contributed by atoms with Crippen molar-refractivity contribution in [1.82, 2.24) is 9.80 Å². The number of rotatable bonds is 5. The zero-order valence-corrected chi connectivity index (χ0v) is 13.4. The number of aliphatic hydroxyl groups excluding tert-OH is 1. The quantitative estimate of drug-likeness (QED) is 0.839. The first kappa shape index (κ1) is 17.2. The van der Waals surface area contributed by atoms with Crippen LogP contribution in [0.3, 0.4) is 0 Å². The first-order valence-corrected chi connectivity index (χ1v) is 7.67. The summed E-state index contributed by atoms with van der Waals surface area (Å²) in [7, 11) is 0. The van der Waals surface area contributed by atoms with Crippen molar-refractivity contribution in [2.45, 2.75) is 46.1 Å². The van der Waals surface area contributed by atoms with Crippen LogP contribution in [0.1, 0.15) is 40.5 Å². The summed E-state index contributed by atoms with van der Waals surface area (Å²) in [5, 5.41) is 9.04. The second-order valence-electron chi connectivity index (χ2n) is 6.55. The molecule has 5 heteroatoms.